The lowest BCUT2D eigenvalue weighted by atomic mass is 10.1. The number of aromatic nitrogens is 1. The molecule has 1 N–H and O–H groups in total. The zero-order valence-electron chi connectivity index (χ0n) is 9.56. The van der Waals surface area contributed by atoms with E-state index in [1.54, 1.807) is 18.0 Å². The highest BCUT2D eigenvalue weighted by Gasteiger charge is 2.12. The summed E-state index contributed by atoms with van der Waals surface area (Å²) < 4.78 is 0. The predicted octanol–water partition coefficient (Wildman–Crippen LogP) is 2.25. The van der Waals surface area contributed by atoms with E-state index in [1.165, 1.54) is 7.11 Å². The summed E-state index contributed by atoms with van der Waals surface area (Å²) >= 11 is 1.58. The van der Waals surface area contributed by atoms with Gasteiger partial charge in [0.05, 0.1) is 18.2 Å². The summed E-state index contributed by atoms with van der Waals surface area (Å²) in [5.74, 6) is -0.285. The number of carbonyl (C=O) groups is 1. The number of nitrogens with zero attached hydrogens (tertiary/aromatic N) is 1. The smallest absolute Gasteiger partial charge is 0.277 e. The minimum absolute atomic E-state index is 0.285. The molecule has 0 atom stereocenters. The van der Waals surface area contributed by atoms with Gasteiger partial charge in [0.2, 0.25) is 0 Å². The molecule has 0 aliphatic rings. The van der Waals surface area contributed by atoms with Crippen LogP contribution in [0.5, 0.6) is 0 Å². The quantitative estimate of drug-likeness (QED) is 0.668. The van der Waals surface area contributed by atoms with Crippen molar-refractivity contribution in [3.05, 3.63) is 36.0 Å². The molecule has 2 rings (SSSR count). The highest BCUT2D eigenvalue weighted by atomic mass is 32.2. The van der Waals surface area contributed by atoms with Gasteiger partial charge in [0.1, 0.15) is 0 Å². The van der Waals surface area contributed by atoms with Crippen LogP contribution in [-0.2, 0) is 4.84 Å². The number of amides is 1. The number of nitrogens with one attached hydrogen (secondary N) is 1. The maximum Gasteiger partial charge on any atom is 0.277 e. The molecular formula is C12H12N2O2S. The van der Waals surface area contributed by atoms with Crippen LogP contribution in [0.3, 0.4) is 0 Å². The van der Waals surface area contributed by atoms with Crippen molar-refractivity contribution >= 4 is 28.6 Å². The lowest BCUT2D eigenvalue weighted by Gasteiger charge is -2.07. The average molecular weight is 248 g/mol. The lowest BCUT2D eigenvalue weighted by Crippen LogP contribution is -2.22. The first kappa shape index (κ1) is 11.9. The van der Waals surface area contributed by atoms with E-state index in [0.29, 0.717) is 11.1 Å². The molecule has 2 aromatic rings. The van der Waals surface area contributed by atoms with Crippen LogP contribution in [0, 0.1) is 0 Å². The second kappa shape index (κ2) is 5.16. The van der Waals surface area contributed by atoms with Gasteiger partial charge < -0.3 is 0 Å². The number of thioether (sulfide) groups is 1. The van der Waals surface area contributed by atoms with Crippen LogP contribution < -0.4 is 5.48 Å². The summed E-state index contributed by atoms with van der Waals surface area (Å²) in [6.45, 7) is 0. The minimum Gasteiger partial charge on any atom is -0.277 e. The van der Waals surface area contributed by atoms with Gasteiger partial charge in [0.25, 0.3) is 5.91 Å². The fourth-order valence-electron chi connectivity index (χ4n) is 1.60. The molecule has 0 saturated heterocycles. The van der Waals surface area contributed by atoms with Gasteiger partial charge in [-0.3, -0.25) is 14.6 Å². The topological polar surface area (TPSA) is 51.2 Å². The van der Waals surface area contributed by atoms with E-state index in [0.717, 1.165) is 10.3 Å². The third kappa shape index (κ3) is 2.40. The number of pyridine rings is 1. The molecule has 0 aliphatic heterocycles. The monoisotopic (exact) mass is 248 g/mol. The Morgan fingerprint density at radius 2 is 2.29 bits per heavy atom. The Bertz CT molecular complexity index is 557. The maximum absolute atomic E-state index is 11.8. The third-order valence-electron chi connectivity index (χ3n) is 2.35. The molecule has 1 heterocycles. The molecule has 0 fully saturated rings. The number of benzene rings is 1. The number of carbonyl (C=O) groups excluding carboxylic acids is 1. The first-order valence-electron chi connectivity index (χ1n) is 5.02. The molecule has 1 amide bonds. The van der Waals surface area contributed by atoms with Crippen molar-refractivity contribution < 1.29 is 9.63 Å². The summed E-state index contributed by atoms with van der Waals surface area (Å²) in [6.07, 6.45) is 3.64. The van der Waals surface area contributed by atoms with Gasteiger partial charge in [0.15, 0.2) is 0 Å². The van der Waals surface area contributed by atoms with Crippen molar-refractivity contribution in [2.75, 3.05) is 13.4 Å². The van der Waals surface area contributed by atoms with Gasteiger partial charge in [0, 0.05) is 16.5 Å². The van der Waals surface area contributed by atoms with Crippen molar-refractivity contribution in [1.29, 1.82) is 0 Å². The van der Waals surface area contributed by atoms with Crippen molar-refractivity contribution in [2.24, 2.45) is 0 Å². The molecule has 4 nitrogen and oxygen atoms in total. The van der Waals surface area contributed by atoms with E-state index in [2.05, 4.69) is 15.3 Å². The Labute approximate surface area is 103 Å². The van der Waals surface area contributed by atoms with Crippen molar-refractivity contribution in [2.45, 2.75) is 4.90 Å². The zero-order valence-corrected chi connectivity index (χ0v) is 10.4. The Balaban J connectivity index is 2.62. The van der Waals surface area contributed by atoms with Crippen molar-refractivity contribution in [1.82, 2.24) is 10.5 Å². The molecule has 17 heavy (non-hydrogen) atoms. The number of hydrogen-bond donors (Lipinski definition) is 1. The molecule has 0 unspecified atom stereocenters. The van der Waals surface area contributed by atoms with Crippen LogP contribution in [-0.4, -0.2) is 24.3 Å². The summed E-state index contributed by atoms with van der Waals surface area (Å²) in [5.41, 5.74) is 3.52. The lowest BCUT2D eigenvalue weighted by molar-refractivity contribution is 0.0539. The molecule has 0 saturated carbocycles. The van der Waals surface area contributed by atoms with Crippen molar-refractivity contribution in [3.8, 4) is 0 Å². The highest BCUT2D eigenvalue weighted by Crippen LogP contribution is 2.24. The van der Waals surface area contributed by atoms with Gasteiger partial charge in [-0.1, -0.05) is 6.07 Å². The minimum atomic E-state index is -0.285. The predicted molar refractivity (Wildman–Crippen MR) is 68.0 cm³/mol. The molecule has 1 aromatic heterocycles. The summed E-state index contributed by atoms with van der Waals surface area (Å²) in [4.78, 5) is 21.7. The van der Waals surface area contributed by atoms with Crippen LogP contribution in [0.25, 0.3) is 10.9 Å². The van der Waals surface area contributed by atoms with Crippen LogP contribution in [0.4, 0.5) is 0 Å². The van der Waals surface area contributed by atoms with E-state index in [4.69, 9.17) is 0 Å². The standard InChI is InChI=1S/C12H12N2O2S/c1-16-14-12(15)10-7-9(17-2)6-8-4-3-5-13-11(8)10/h3-7H,1-2H3,(H,14,15). The number of hydroxylamine groups is 1. The van der Waals surface area contributed by atoms with E-state index >= 15 is 0 Å². The molecule has 0 radical (unpaired) electrons. The van der Waals surface area contributed by atoms with Gasteiger partial charge in [-0.2, -0.15) is 0 Å². The normalized spacial score (nSPS) is 10.5. The van der Waals surface area contributed by atoms with Crippen LogP contribution in [0.1, 0.15) is 10.4 Å². The van der Waals surface area contributed by atoms with Gasteiger partial charge in [-0.25, -0.2) is 5.48 Å². The molecule has 5 heteroatoms. The first-order chi connectivity index (χ1) is 8.26. The second-order valence-corrected chi connectivity index (χ2v) is 4.27. The van der Waals surface area contributed by atoms with E-state index in [-0.39, 0.29) is 5.91 Å². The zero-order chi connectivity index (χ0) is 12.3. The van der Waals surface area contributed by atoms with Gasteiger partial charge >= 0.3 is 0 Å². The SMILES string of the molecule is CONC(=O)c1cc(SC)cc2cccnc12. The van der Waals surface area contributed by atoms with Crippen LogP contribution >= 0.6 is 11.8 Å². The second-order valence-electron chi connectivity index (χ2n) is 3.39. The van der Waals surface area contributed by atoms with Gasteiger partial charge in [-0.15, -0.1) is 11.8 Å². The van der Waals surface area contributed by atoms with Crippen LogP contribution in [0.15, 0.2) is 35.4 Å². The summed E-state index contributed by atoms with van der Waals surface area (Å²) in [7, 11) is 1.41. The number of fused-ring (bicyclic) bond motifs is 1. The Kier molecular flexibility index (Phi) is 3.61. The number of hydrogen-bond acceptors (Lipinski definition) is 4. The molecule has 0 aliphatic carbocycles. The molecule has 0 bridgehead atoms. The molecule has 1 aromatic carbocycles. The fourth-order valence-corrected chi connectivity index (χ4v) is 2.08. The van der Waals surface area contributed by atoms with E-state index in [9.17, 15) is 4.79 Å². The van der Waals surface area contributed by atoms with Gasteiger partial charge in [-0.05, 0) is 24.5 Å². The molecule has 88 valence electrons. The van der Waals surface area contributed by atoms with E-state index in [1.807, 2.05) is 30.5 Å². The highest BCUT2D eigenvalue weighted by molar-refractivity contribution is 7.98. The average Bonchev–Trinajstić information content (AvgIpc) is 2.37. The Morgan fingerprint density at radius 3 is 3.00 bits per heavy atom. The summed E-state index contributed by atoms with van der Waals surface area (Å²) in [6, 6.07) is 7.61. The summed E-state index contributed by atoms with van der Waals surface area (Å²) in [5, 5.41) is 0.945. The van der Waals surface area contributed by atoms with E-state index < -0.39 is 0 Å². The van der Waals surface area contributed by atoms with Crippen molar-refractivity contribution in [3.63, 3.8) is 0 Å². The Morgan fingerprint density at radius 1 is 1.47 bits per heavy atom. The molecular weight excluding hydrogens is 236 g/mol. The number of rotatable bonds is 3. The first-order valence-corrected chi connectivity index (χ1v) is 6.25. The van der Waals surface area contributed by atoms with Crippen LogP contribution in [0.2, 0.25) is 0 Å². The molecule has 0 spiro atoms. The Hall–Kier alpha value is -1.59. The third-order valence-corrected chi connectivity index (χ3v) is 3.06. The largest absolute Gasteiger partial charge is 0.277 e. The maximum atomic E-state index is 11.8. The fraction of sp³-hybridized carbons (Fsp3) is 0.167.